The number of nitrogens with zero attached hydrogens (tertiary/aromatic N) is 2. The Morgan fingerprint density at radius 3 is 3.04 bits per heavy atom. The van der Waals surface area contributed by atoms with Gasteiger partial charge in [0, 0.05) is 49.6 Å². The fourth-order valence-electron chi connectivity index (χ4n) is 4.20. The van der Waals surface area contributed by atoms with Crippen molar-refractivity contribution >= 4 is 5.82 Å². The molecule has 0 spiro atoms. The summed E-state index contributed by atoms with van der Waals surface area (Å²) in [5.41, 5.74) is 2.73. The number of furan rings is 1. The Morgan fingerprint density at radius 2 is 2.21 bits per heavy atom. The van der Waals surface area contributed by atoms with Crippen molar-refractivity contribution in [2.24, 2.45) is 11.3 Å². The lowest BCUT2D eigenvalue weighted by atomic mass is 9.74. The van der Waals surface area contributed by atoms with Gasteiger partial charge in [0.05, 0.1) is 5.69 Å². The molecule has 1 aliphatic carbocycles. The summed E-state index contributed by atoms with van der Waals surface area (Å²) in [6.07, 6.45) is 2.19. The molecule has 0 unspecified atom stereocenters. The van der Waals surface area contributed by atoms with Gasteiger partial charge >= 0.3 is 0 Å². The number of aromatic nitrogens is 2. The van der Waals surface area contributed by atoms with Gasteiger partial charge in [-0.3, -0.25) is 0 Å². The summed E-state index contributed by atoms with van der Waals surface area (Å²) in [7, 11) is 0. The zero-order valence-electron chi connectivity index (χ0n) is 15.1. The van der Waals surface area contributed by atoms with E-state index in [-0.39, 0.29) is 5.41 Å². The fourth-order valence-corrected chi connectivity index (χ4v) is 4.20. The second-order valence-electron chi connectivity index (χ2n) is 8.34. The quantitative estimate of drug-likeness (QED) is 0.906. The molecule has 0 bridgehead atoms. The van der Waals surface area contributed by atoms with E-state index in [1.165, 1.54) is 11.3 Å². The average molecular weight is 328 g/mol. The van der Waals surface area contributed by atoms with Crippen LogP contribution in [0.4, 0.5) is 5.82 Å². The normalized spacial score (nSPS) is 25.0. The van der Waals surface area contributed by atoms with Gasteiger partial charge in [-0.25, -0.2) is 4.68 Å². The van der Waals surface area contributed by atoms with E-state index in [0.717, 1.165) is 49.7 Å². The van der Waals surface area contributed by atoms with Crippen molar-refractivity contribution in [3.63, 3.8) is 0 Å². The highest BCUT2D eigenvalue weighted by Gasteiger charge is 2.35. The van der Waals surface area contributed by atoms with Crippen molar-refractivity contribution in [1.82, 2.24) is 15.1 Å². The molecule has 0 saturated carbocycles. The molecule has 5 heteroatoms. The van der Waals surface area contributed by atoms with Crippen LogP contribution < -0.4 is 10.6 Å². The van der Waals surface area contributed by atoms with Crippen LogP contribution in [0, 0.1) is 25.2 Å². The summed E-state index contributed by atoms with van der Waals surface area (Å²) in [6, 6.07) is 4.73. The van der Waals surface area contributed by atoms with Crippen LogP contribution in [0.5, 0.6) is 0 Å². The highest BCUT2D eigenvalue weighted by molar-refractivity contribution is 5.38. The summed E-state index contributed by atoms with van der Waals surface area (Å²) in [6.45, 7) is 11.8. The largest absolute Gasteiger partial charge is 0.466 e. The maximum absolute atomic E-state index is 5.95. The maximum atomic E-state index is 5.95. The van der Waals surface area contributed by atoms with E-state index in [1.54, 1.807) is 0 Å². The molecule has 0 aromatic carbocycles. The van der Waals surface area contributed by atoms with Crippen molar-refractivity contribution in [1.29, 1.82) is 0 Å². The van der Waals surface area contributed by atoms with Gasteiger partial charge in [-0.1, -0.05) is 13.8 Å². The second kappa shape index (κ2) is 5.66. The lowest BCUT2D eigenvalue weighted by Gasteiger charge is -2.36. The average Bonchev–Trinajstić information content (AvgIpc) is 3.03. The first-order valence-electron chi connectivity index (χ1n) is 9.00. The molecule has 2 aromatic heterocycles. The monoisotopic (exact) mass is 328 g/mol. The van der Waals surface area contributed by atoms with Crippen LogP contribution in [0.25, 0.3) is 0 Å². The van der Waals surface area contributed by atoms with E-state index in [0.29, 0.717) is 12.0 Å². The van der Waals surface area contributed by atoms with Gasteiger partial charge in [-0.15, -0.1) is 0 Å². The number of anilines is 1. The number of nitrogens with one attached hydrogen (secondary N) is 2. The summed E-state index contributed by atoms with van der Waals surface area (Å²) in [4.78, 5) is 0. The van der Waals surface area contributed by atoms with Gasteiger partial charge < -0.3 is 15.1 Å². The first-order chi connectivity index (χ1) is 11.4. The molecule has 130 valence electrons. The minimum absolute atomic E-state index is 0.284. The predicted octanol–water partition coefficient (Wildman–Crippen LogP) is 3.44. The standard InChI is InChI=1S/C19H28N4O/c1-12-5-18-21-10-14(11-23(18)22-12)9-20-16-7-19(3,4)8-17-15(16)6-13(2)24-17/h5-6,14,16,20-21H,7-11H2,1-4H3/t14-,16+/m0/s1. The number of hydrogen-bond acceptors (Lipinski definition) is 4. The van der Waals surface area contributed by atoms with Crippen molar-refractivity contribution in [3.8, 4) is 0 Å². The van der Waals surface area contributed by atoms with Crippen LogP contribution in [0.1, 0.15) is 49.1 Å². The molecule has 24 heavy (non-hydrogen) atoms. The molecule has 0 amide bonds. The van der Waals surface area contributed by atoms with E-state index >= 15 is 0 Å². The Hall–Kier alpha value is -1.75. The highest BCUT2D eigenvalue weighted by Crippen LogP contribution is 2.42. The van der Waals surface area contributed by atoms with Crippen LogP contribution in [-0.4, -0.2) is 22.9 Å². The second-order valence-corrected chi connectivity index (χ2v) is 8.34. The smallest absolute Gasteiger partial charge is 0.124 e. The molecule has 0 saturated heterocycles. The van der Waals surface area contributed by atoms with Crippen molar-refractivity contribution < 1.29 is 4.42 Å². The van der Waals surface area contributed by atoms with E-state index in [9.17, 15) is 0 Å². The van der Waals surface area contributed by atoms with Crippen LogP contribution in [0.15, 0.2) is 16.5 Å². The van der Waals surface area contributed by atoms with E-state index in [4.69, 9.17) is 4.42 Å². The molecular formula is C19H28N4O. The van der Waals surface area contributed by atoms with Gasteiger partial charge in [0.15, 0.2) is 0 Å². The Balaban J connectivity index is 1.44. The minimum Gasteiger partial charge on any atom is -0.466 e. The van der Waals surface area contributed by atoms with Gasteiger partial charge in [0.25, 0.3) is 0 Å². The third kappa shape index (κ3) is 2.97. The molecule has 2 atom stereocenters. The molecular weight excluding hydrogens is 300 g/mol. The lowest BCUT2D eigenvalue weighted by Crippen LogP contribution is -2.39. The molecule has 0 fully saturated rings. The Kier molecular flexibility index (Phi) is 3.71. The Labute approximate surface area is 143 Å². The Bertz CT molecular complexity index is 743. The zero-order valence-corrected chi connectivity index (χ0v) is 15.1. The molecule has 3 heterocycles. The first-order valence-corrected chi connectivity index (χ1v) is 9.00. The van der Waals surface area contributed by atoms with E-state index in [1.807, 2.05) is 6.92 Å². The van der Waals surface area contributed by atoms with Gasteiger partial charge in [-0.05, 0) is 31.7 Å². The molecule has 5 nitrogen and oxygen atoms in total. The maximum Gasteiger partial charge on any atom is 0.124 e. The topological polar surface area (TPSA) is 55.0 Å². The van der Waals surface area contributed by atoms with E-state index in [2.05, 4.69) is 53.3 Å². The molecule has 2 aromatic rings. The van der Waals surface area contributed by atoms with Crippen LogP contribution in [-0.2, 0) is 13.0 Å². The molecule has 0 radical (unpaired) electrons. The van der Waals surface area contributed by atoms with Gasteiger partial charge in [0.2, 0.25) is 0 Å². The zero-order chi connectivity index (χ0) is 16.9. The number of hydrogen-bond donors (Lipinski definition) is 2. The fraction of sp³-hybridized carbons (Fsp3) is 0.632. The number of rotatable bonds is 3. The minimum atomic E-state index is 0.284. The SMILES string of the molecule is Cc1cc2n(n1)C[C@@H](CN[C@@H]1CC(C)(C)Cc3oc(C)cc31)CN2. The first kappa shape index (κ1) is 15.8. The van der Waals surface area contributed by atoms with Gasteiger partial charge in [-0.2, -0.15) is 5.10 Å². The van der Waals surface area contributed by atoms with Gasteiger partial charge in [0.1, 0.15) is 17.3 Å². The summed E-state index contributed by atoms with van der Waals surface area (Å²) in [5.74, 6) is 3.90. The van der Waals surface area contributed by atoms with Crippen molar-refractivity contribution in [3.05, 3.63) is 34.9 Å². The van der Waals surface area contributed by atoms with Crippen molar-refractivity contribution in [2.45, 2.75) is 53.1 Å². The Morgan fingerprint density at radius 1 is 1.38 bits per heavy atom. The van der Waals surface area contributed by atoms with Crippen molar-refractivity contribution in [2.75, 3.05) is 18.4 Å². The van der Waals surface area contributed by atoms with Crippen LogP contribution in [0.2, 0.25) is 0 Å². The molecule has 4 rings (SSSR count). The number of fused-ring (bicyclic) bond motifs is 2. The molecule has 1 aliphatic heterocycles. The third-order valence-electron chi connectivity index (χ3n) is 5.29. The molecule has 2 N–H and O–H groups in total. The predicted molar refractivity (Wildman–Crippen MR) is 95.2 cm³/mol. The number of aryl methyl sites for hydroxylation is 2. The third-order valence-corrected chi connectivity index (χ3v) is 5.29. The highest BCUT2D eigenvalue weighted by atomic mass is 16.3. The summed E-state index contributed by atoms with van der Waals surface area (Å²) >= 11 is 0. The van der Waals surface area contributed by atoms with Crippen LogP contribution in [0.3, 0.4) is 0 Å². The summed E-state index contributed by atoms with van der Waals surface area (Å²) in [5, 5.41) is 11.9. The molecule has 2 aliphatic rings. The lowest BCUT2D eigenvalue weighted by molar-refractivity contribution is 0.227. The van der Waals surface area contributed by atoms with Crippen LogP contribution >= 0.6 is 0 Å². The van der Waals surface area contributed by atoms with E-state index < -0.39 is 0 Å². The summed E-state index contributed by atoms with van der Waals surface area (Å²) < 4.78 is 8.05.